The normalized spacial score (nSPS) is 11.1. The molecule has 2 atom stereocenters. The summed E-state index contributed by atoms with van der Waals surface area (Å²) < 4.78 is 22.2. The first-order valence-corrected chi connectivity index (χ1v) is 6.86. The minimum Gasteiger partial charge on any atom is -0.231 e. The standard InChI is InChI=1S/C5H6N2S.O5P2/c1-8-5-6-3-2-4-7-5;1-6(2)5-7(3)4/h2-4H,1H3;/p+2. The maximum atomic E-state index is 9.39. The number of thioether (sulfide) groups is 1. The fraction of sp³-hybridized carbons (Fsp3) is 0.200. The Bertz CT molecular complexity index is 312. The van der Waals surface area contributed by atoms with Crippen LogP contribution in [0.4, 0.5) is 0 Å². The van der Waals surface area contributed by atoms with Gasteiger partial charge in [0, 0.05) is 21.5 Å². The highest BCUT2D eigenvalue weighted by Gasteiger charge is 2.31. The van der Waals surface area contributed by atoms with Crippen molar-refractivity contribution in [3.63, 3.8) is 0 Å². The van der Waals surface area contributed by atoms with E-state index in [9.17, 15) is 9.13 Å². The van der Waals surface area contributed by atoms with Crippen LogP contribution >= 0.6 is 28.3 Å². The van der Waals surface area contributed by atoms with Gasteiger partial charge in [-0.05, 0) is 12.3 Å². The van der Waals surface area contributed by atoms with Crippen LogP contribution in [-0.4, -0.2) is 26.0 Å². The molecular weight excluding hydrogens is 262 g/mol. The average Bonchev–Trinajstić information content (AvgIpc) is 2.18. The molecule has 1 aromatic rings. The summed E-state index contributed by atoms with van der Waals surface area (Å²) in [6.45, 7) is 0. The van der Waals surface area contributed by atoms with E-state index in [1.807, 2.05) is 6.26 Å². The fourth-order valence-electron chi connectivity index (χ4n) is 0.451. The zero-order valence-corrected chi connectivity index (χ0v) is 10.2. The summed E-state index contributed by atoms with van der Waals surface area (Å²) in [6.07, 6.45) is 5.42. The molecule has 0 spiro atoms. The van der Waals surface area contributed by atoms with Gasteiger partial charge >= 0.3 is 16.5 Å². The highest BCUT2D eigenvalue weighted by molar-refractivity contribution is 7.98. The molecule has 1 aromatic heterocycles. The summed E-state index contributed by atoms with van der Waals surface area (Å²) in [7, 11) is -5.85. The third-order valence-electron chi connectivity index (χ3n) is 0.864. The first-order valence-electron chi connectivity index (χ1n) is 3.37. The van der Waals surface area contributed by atoms with E-state index >= 15 is 0 Å². The largest absolute Gasteiger partial charge is 0.745 e. The van der Waals surface area contributed by atoms with Gasteiger partial charge in [0.2, 0.25) is 0 Å². The van der Waals surface area contributed by atoms with E-state index < -0.39 is 16.5 Å². The van der Waals surface area contributed by atoms with E-state index in [0.29, 0.717) is 0 Å². The van der Waals surface area contributed by atoms with Crippen molar-refractivity contribution in [3.05, 3.63) is 18.5 Å². The van der Waals surface area contributed by atoms with Crippen LogP contribution in [0.5, 0.6) is 0 Å². The SMILES string of the molecule is CSc1ncccn1.O=[P+](O)O[P+](=O)O. The van der Waals surface area contributed by atoms with E-state index in [2.05, 4.69) is 14.3 Å². The van der Waals surface area contributed by atoms with Gasteiger partial charge in [0.25, 0.3) is 0 Å². The molecule has 1 heterocycles. The van der Waals surface area contributed by atoms with Gasteiger partial charge in [0.1, 0.15) is 0 Å². The molecule has 15 heavy (non-hydrogen) atoms. The van der Waals surface area contributed by atoms with Gasteiger partial charge in [-0.25, -0.2) is 9.97 Å². The molecule has 10 heteroatoms. The lowest BCUT2D eigenvalue weighted by molar-refractivity contribution is 0.371. The maximum absolute atomic E-state index is 9.39. The summed E-state index contributed by atoms with van der Waals surface area (Å²) >= 11 is 1.55. The third kappa shape index (κ3) is 9.81. The minimum absolute atomic E-state index is 0.826. The van der Waals surface area contributed by atoms with Gasteiger partial charge in [-0.3, -0.25) is 0 Å². The van der Waals surface area contributed by atoms with Crippen LogP contribution in [0.25, 0.3) is 0 Å². The van der Waals surface area contributed by atoms with Crippen molar-refractivity contribution >= 4 is 28.3 Å². The van der Waals surface area contributed by atoms with Gasteiger partial charge < -0.3 is 0 Å². The number of rotatable bonds is 3. The molecule has 0 aliphatic carbocycles. The third-order valence-corrected chi connectivity index (χ3v) is 2.56. The van der Waals surface area contributed by atoms with Crippen LogP contribution in [0.2, 0.25) is 0 Å². The van der Waals surface area contributed by atoms with Crippen LogP contribution < -0.4 is 0 Å². The second-order valence-corrected chi connectivity index (χ2v) is 4.17. The molecule has 0 bridgehead atoms. The first kappa shape index (κ1) is 14.5. The highest BCUT2D eigenvalue weighted by atomic mass is 32.2. The Labute approximate surface area is 91.8 Å². The topological polar surface area (TPSA) is 110 Å². The molecule has 0 amide bonds. The Hall–Kier alpha value is -0.490. The summed E-state index contributed by atoms with van der Waals surface area (Å²) in [4.78, 5) is 23.2. The molecule has 0 fully saturated rings. The molecule has 0 aromatic carbocycles. The quantitative estimate of drug-likeness (QED) is 0.483. The predicted octanol–water partition coefficient (Wildman–Crippen LogP) is 1.50. The predicted molar refractivity (Wildman–Crippen MR) is 54.5 cm³/mol. The molecule has 82 valence electrons. The molecular formula is C5H8N2O5P2S+2. The van der Waals surface area contributed by atoms with E-state index in [1.165, 1.54) is 0 Å². The van der Waals surface area contributed by atoms with Crippen LogP contribution in [0.3, 0.4) is 0 Å². The number of hydrogen-bond donors (Lipinski definition) is 2. The minimum atomic E-state index is -2.92. The van der Waals surface area contributed by atoms with Crippen molar-refractivity contribution in [2.75, 3.05) is 6.26 Å². The van der Waals surface area contributed by atoms with Crippen LogP contribution in [0, 0.1) is 0 Å². The Morgan fingerprint density at radius 3 is 1.93 bits per heavy atom. The Balaban J connectivity index is 0.000000265. The Kier molecular flexibility index (Phi) is 8.50. The van der Waals surface area contributed by atoms with E-state index in [4.69, 9.17) is 9.79 Å². The summed E-state index contributed by atoms with van der Waals surface area (Å²) in [6, 6.07) is 1.81. The maximum Gasteiger partial charge on any atom is 0.745 e. The fourth-order valence-corrected chi connectivity index (χ4v) is 1.26. The summed E-state index contributed by atoms with van der Waals surface area (Å²) in [5.74, 6) is 0. The van der Waals surface area contributed by atoms with Gasteiger partial charge in [0.15, 0.2) is 9.47 Å². The average molecular weight is 270 g/mol. The van der Waals surface area contributed by atoms with E-state index in [1.54, 1.807) is 30.2 Å². The van der Waals surface area contributed by atoms with Gasteiger partial charge in [-0.1, -0.05) is 11.8 Å². The Morgan fingerprint density at radius 1 is 1.27 bits per heavy atom. The zero-order valence-electron chi connectivity index (χ0n) is 7.55. The smallest absolute Gasteiger partial charge is 0.231 e. The van der Waals surface area contributed by atoms with Crippen molar-refractivity contribution in [3.8, 4) is 0 Å². The summed E-state index contributed by atoms with van der Waals surface area (Å²) in [5, 5.41) is 0.826. The van der Waals surface area contributed by atoms with Crippen molar-refractivity contribution < 1.29 is 23.2 Å². The van der Waals surface area contributed by atoms with Crippen molar-refractivity contribution in [2.45, 2.75) is 5.16 Å². The van der Waals surface area contributed by atoms with Crippen LogP contribution in [-0.2, 0) is 13.4 Å². The molecule has 0 radical (unpaired) electrons. The second-order valence-electron chi connectivity index (χ2n) is 1.79. The molecule has 0 aliphatic rings. The van der Waals surface area contributed by atoms with Crippen molar-refractivity contribution in [2.24, 2.45) is 0 Å². The molecule has 0 saturated heterocycles. The lowest BCUT2D eigenvalue weighted by Crippen LogP contribution is -1.79. The highest BCUT2D eigenvalue weighted by Crippen LogP contribution is 2.30. The summed E-state index contributed by atoms with van der Waals surface area (Å²) in [5.41, 5.74) is 0. The molecule has 2 unspecified atom stereocenters. The molecule has 1 rings (SSSR count). The first-order chi connectivity index (χ1) is 7.06. The molecule has 7 nitrogen and oxygen atoms in total. The molecule has 0 saturated carbocycles. The lowest BCUT2D eigenvalue weighted by atomic mass is 10.7. The van der Waals surface area contributed by atoms with Crippen LogP contribution in [0.1, 0.15) is 0 Å². The van der Waals surface area contributed by atoms with Gasteiger partial charge in [-0.15, -0.1) is 9.79 Å². The van der Waals surface area contributed by atoms with E-state index in [-0.39, 0.29) is 0 Å². The van der Waals surface area contributed by atoms with Crippen molar-refractivity contribution in [1.29, 1.82) is 0 Å². The van der Waals surface area contributed by atoms with E-state index in [0.717, 1.165) is 5.16 Å². The second kappa shape index (κ2) is 8.79. The molecule has 0 aliphatic heterocycles. The number of hydrogen-bond acceptors (Lipinski definition) is 6. The zero-order chi connectivity index (χ0) is 11.7. The number of aromatic nitrogens is 2. The molecule has 2 N–H and O–H groups in total. The lowest BCUT2D eigenvalue weighted by Gasteiger charge is -1.87. The van der Waals surface area contributed by atoms with Gasteiger partial charge in [0.05, 0.1) is 0 Å². The van der Waals surface area contributed by atoms with Crippen LogP contribution in [0.15, 0.2) is 23.6 Å². The van der Waals surface area contributed by atoms with Gasteiger partial charge in [-0.2, -0.15) is 0 Å². The number of nitrogens with zero attached hydrogens (tertiary/aromatic N) is 2. The monoisotopic (exact) mass is 270 g/mol. The Morgan fingerprint density at radius 2 is 1.73 bits per heavy atom. The van der Waals surface area contributed by atoms with Crippen molar-refractivity contribution in [1.82, 2.24) is 9.97 Å².